The normalized spacial score (nSPS) is 21.2. The molecule has 1 aromatic rings. The Morgan fingerprint density at radius 1 is 1.29 bits per heavy atom. The molecule has 7 heteroatoms. The third-order valence-electron chi connectivity index (χ3n) is 5.09. The fourth-order valence-electron chi connectivity index (χ4n) is 2.58. The zero-order valence-corrected chi connectivity index (χ0v) is 16.1. The summed E-state index contributed by atoms with van der Waals surface area (Å²) < 4.78 is 6.17. The second-order valence-corrected chi connectivity index (χ2v) is 12.5. The lowest BCUT2D eigenvalue weighted by atomic mass is 9.89. The highest BCUT2D eigenvalue weighted by Gasteiger charge is 2.47. The molecule has 1 saturated heterocycles. The maximum Gasteiger partial charge on any atom is 0.234 e. The number of nitrogens with zero attached hydrogens (tertiary/aromatic N) is 4. The molecule has 130 valence electrons. The molecule has 24 heavy (non-hydrogen) atoms. The maximum atomic E-state index is 12.3. The molecule has 1 amide bonds. The van der Waals surface area contributed by atoms with Crippen LogP contribution >= 0.6 is 0 Å². The molecule has 1 heterocycles. The molecule has 0 spiro atoms. The molecule has 2 rings (SSSR count). The third-order valence-corrected chi connectivity index (χ3v) is 9.63. The lowest BCUT2D eigenvalue weighted by molar-refractivity contribution is -0.150. The van der Waals surface area contributed by atoms with Crippen LogP contribution in [0.4, 0.5) is 0 Å². The first kappa shape index (κ1) is 18.5. The lowest BCUT2D eigenvalue weighted by Crippen LogP contribution is -2.59. The topological polar surface area (TPSA) is 78.3 Å². The van der Waals surface area contributed by atoms with Gasteiger partial charge in [0, 0.05) is 11.5 Å². The van der Waals surface area contributed by atoms with Gasteiger partial charge in [-0.1, -0.05) is 56.2 Å². The molecule has 0 unspecified atom stereocenters. The summed E-state index contributed by atoms with van der Waals surface area (Å²) in [6, 6.07) is 8.85. The molecule has 1 aromatic carbocycles. The molecule has 0 N–H and O–H groups in total. The number of hydrogen-bond donors (Lipinski definition) is 0. The van der Waals surface area contributed by atoms with E-state index < -0.39 is 14.4 Å². The number of carbonyl (C=O) groups is 1. The predicted octanol–water partition coefficient (Wildman–Crippen LogP) is 4.27. The van der Waals surface area contributed by atoms with E-state index in [4.69, 9.17) is 9.96 Å². The van der Waals surface area contributed by atoms with Crippen LogP contribution < -0.4 is 0 Å². The van der Waals surface area contributed by atoms with Crippen molar-refractivity contribution < 1.29 is 9.22 Å². The molecule has 0 aromatic heterocycles. The van der Waals surface area contributed by atoms with Crippen molar-refractivity contribution in [1.29, 1.82) is 0 Å². The van der Waals surface area contributed by atoms with Gasteiger partial charge in [-0.25, -0.2) is 0 Å². The Morgan fingerprint density at radius 3 is 2.46 bits per heavy atom. The smallest absolute Gasteiger partial charge is 0.234 e. The van der Waals surface area contributed by atoms with E-state index in [1.807, 2.05) is 30.3 Å². The Morgan fingerprint density at radius 2 is 1.92 bits per heavy atom. The van der Waals surface area contributed by atoms with Crippen molar-refractivity contribution in [2.75, 3.05) is 13.2 Å². The number of benzene rings is 1. The second kappa shape index (κ2) is 6.97. The molecule has 0 bridgehead atoms. The Kier molecular flexibility index (Phi) is 5.37. The fourth-order valence-corrected chi connectivity index (χ4v) is 3.61. The van der Waals surface area contributed by atoms with Crippen molar-refractivity contribution in [2.45, 2.75) is 51.0 Å². The van der Waals surface area contributed by atoms with Gasteiger partial charge in [-0.2, -0.15) is 0 Å². The van der Waals surface area contributed by atoms with Gasteiger partial charge >= 0.3 is 0 Å². The Labute approximate surface area is 144 Å². The van der Waals surface area contributed by atoms with E-state index in [1.165, 1.54) is 0 Å². The van der Waals surface area contributed by atoms with E-state index in [0.29, 0.717) is 13.2 Å². The largest absolute Gasteiger partial charge is 0.415 e. The summed E-state index contributed by atoms with van der Waals surface area (Å²) >= 11 is 0. The van der Waals surface area contributed by atoms with Gasteiger partial charge in [-0.3, -0.25) is 4.79 Å². The van der Waals surface area contributed by atoms with Gasteiger partial charge in [0.2, 0.25) is 5.91 Å². The van der Waals surface area contributed by atoms with Gasteiger partial charge in [0.25, 0.3) is 0 Å². The van der Waals surface area contributed by atoms with Crippen molar-refractivity contribution in [2.24, 2.45) is 5.11 Å². The summed E-state index contributed by atoms with van der Waals surface area (Å²) in [6.07, 6.45) is 0. The lowest BCUT2D eigenvalue weighted by Gasteiger charge is -2.46. The number of amides is 1. The average Bonchev–Trinajstić information content (AvgIpc) is 2.52. The van der Waals surface area contributed by atoms with E-state index in [0.717, 1.165) is 5.56 Å². The van der Waals surface area contributed by atoms with Crippen LogP contribution in [0.3, 0.4) is 0 Å². The van der Waals surface area contributed by atoms with E-state index >= 15 is 0 Å². The number of carbonyl (C=O) groups excluding carboxylic acids is 1. The number of β-lactam (4-membered cyclic amide) rings is 1. The zero-order chi connectivity index (χ0) is 18.0. The standard InChI is InChI=1S/C17H26N4O2Si/c1-17(2,3)24(4,5)23-12-11-21-15(13-9-7-6-8-10-13)14(16(21)22)19-20-18/h6-10,14-15H,11-12H2,1-5H3/t14-,15+/m0/s1. The van der Waals surface area contributed by atoms with Gasteiger partial charge in [-0.15, -0.1) is 0 Å². The summed E-state index contributed by atoms with van der Waals surface area (Å²) in [5, 5.41) is 3.81. The number of hydrogen-bond acceptors (Lipinski definition) is 3. The van der Waals surface area contributed by atoms with Crippen LogP contribution in [0, 0.1) is 0 Å². The van der Waals surface area contributed by atoms with Crippen LogP contribution in [0.25, 0.3) is 10.4 Å². The maximum absolute atomic E-state index is 12.3. The van der Waals surface area contributed by atoms with E-state index in [9.17, 15) is 4.79 Å². The molecular weight excluding hydrogens is 320 g/mol. The van der Waals surface area contributed by atoms with Gasteiger partial charge in [0.1, 0.15) is 6.04 Å². The van der Waals surface area contributed by atoms with Gasteiger partial charge in [0.15, 0.2) is 8.32 Å². The highest BCUT2D eigenvalue weighted by molar-refractivity contribution is 6.74. The Bertz CT molecular complexity index is 636. The van der Waals surface area contributed by atoms with Crippen molar-refractivity contribution in [1.82, 2.24) is 4.90 Å². The first-order valence-corrected chi connectivity index (χ1v) is 11.1. The molecule has 0 radical (unpaired) electrons. The zero-order valence-electron chi connectivity index (χ0n) is 15.1. The summed E-state index contributed by atoms with van der Waals surface area (Å²) in [6.45, 7) is 12.0. The first-order chi connectivity index (χ1) is 11.2. The van der Waals surface area contributed by atoms with Gasteiger partial charge in [0.05, 0.1) is 12.6 Å². The average molecular weight is 347 g/mol. The molecule has 1 aliphatic heterocycles. The molecule has 2 atom stereocenters. The minimum absolute atomic E-state index is 0.125. The summed E-state index contributed by atoms with van der Waals surface area (Å²) in [4.78, 5) is 16.9. The molecule has 6 nitrogen and oxygen atoms in total. The monoisotopic (exact) mass is 346 g/mol. The third kappa shape index (κ3) is 3.64. The molecule has 1 fully saturated rings. The van der Waals surface area contributed by atoms with Gasteiger partial charge < -0.3 is 9.33 Å². The highest BCUT2D eigenvalue weighted by atomic mass is 28.4. The minimum Gasteiger partial charge on any atom is -0.415 e. The highest BCUT2D eigenvalue weighted by Crippen LogP contribution is 2.38. The van der Waals surface area contributed by atoms with Crippen molar-refractivity contribution >= 4 is 14.2 Å². The van der Waals surface area contributed by atoms with Crippen LogP contribution in [0.15, 0.2) is 35.4 Å². The summed E-state index contributed by atoms with van der Waals surface area (Å²) in [5.41, 5.74) is 9.70. The van der Waals surface area contributed by atoms with E-state index in [-0.39, 0.29) is 17.0 Å². The van der Waals surface area contributed by atoms with Crippen LogP contribution in [0.5, 0.6) is 0 Å². The first-order valence-electron chi connectivity index (χ1n) is 8.22. The Balaban J connectivity index is 2.06. The summed E-state index contributed by atoms with van der Waals surface area (Å²) in [5.74, 6) is -0.125. The van der Waals surface area contributed by atoms with Crippen LogP contribution in [0.2, 0.25) is 18.1 Å². The number of rotatable bonds is 6. The SMILES string of the molecule is CC(C)(C)[Si](C)(C)OCCN1C(=O)[C@@H](N=[N+]=[N-])[C@H]1c1ccccc1. The molecule has 1 aliphatic rings. The Hall–Kier alpha value is -1.82. The van der Waals surface area contributed by atoms with Crippen molar-refractivity contribution in [3.05, 3.63) is 46.3 Å². The van der Waals surface area contributed by atoms with Crippen molar-refractivity contribution in [3.63, 3.8) is 0 Å². The van der Waals surface area contributed by atoms with Gasteiger partial charge in [-0.05, 0) is 29.2 Å². The molecular formula is C17H26N4O2Si. The predicted molar refractivity (Wildman–Crippen MR) is 97.0 cm³/mol. The number of azide groups is 1. The molecule has 0 aliphatic carbocycles. The second-order valence-electron chi connectivity index (χ2n) is 7.65. The van der Waals surface area contributed by atoms with Crippen LogP contribution in [-0.2, 0) is 9.22 Å². The van der Waals surface area contributed by atoms with Crippen molar-refractivity contribution in [3.8, 4) is 0 Å². The van der Waals surface area contributed by atoms with Crippen LogP contribution in [0.1, 0.15) is 32.4 Å². The minimum atomic E-state index is -1.84. The molecule has 0 saturated carbocycles. The summed E-state index contributed by atoms with van der Waals surface area (Å²) in [7, 11) is -1.84. The van der Waals surface area contributed by atoms with E-state index in [1.54, 1.807) is 4.90 Å². The number of likely N-dealkylation sites (tertiary alicyclic amines) is 1. The van der Waals surface area contributed by atoms with E-state index in [2.05, 4.69) is 43.9 Å². The van der Waals surface area contributed by atoms with Crippen LogP contribution in [-0.4, -0.2) is 38.3 Å². The quantitative estimate of drug-likeness (QED) is 0.253. The fraction of sp³-hybridized carbons (Fsp3) is 0.588.